The second-order valence-corrected chi connectivity index (χ2v) is 7.36. The van der Waals surface area contributed by atoms with Gasteiger partial charge in [-0.1, -0.05) is 0 Å². The maximum atomic E-state index is 11.7. The van der Waals surface area contributed by atoms with Crippen LogP contribution in [-0.4, -0.2) is 24.6 Å². The zero-order valence-corrected chi connectivity index (χ0v) is 12.9. The van der Waals surface area contributed by atoms with Crippen molar-refractivity contribution < 1.29 is 13.3 Å². The van der Waals surface area contributed by atoms with Crippen LogP contribution in [-0.2, 0) is 9.84 Å². The van der Waals surface area contributed by atoms with Crippen LogP contribution in [0, 0.1) is 10.1 Å². The van der Waals surface area contributed by atoms with Crippen LogP contribution in [0.5, 0.6) is 0 Å². The van der Waals surface area contributed by atoms with Crippen molar-refractivity contribution in [3.63, 3.8) is 0 Å². The summed E-state index contributed by atoms with van der Waals surface area (Å²) < 4.78 is 23.4. The van der Waals surface area contributed by atoms with E-state index >= 15 is 0 Å². The number of hydrogen-bond donors (Lipinski definition) is 1. The van der Waals surface area contributed by atoms with Gasteiger partial charge in [0.05, 0.1) is 11.0 Å². The van der Waals surface area contributed by atoms with Gasteiger partial charge in [-0.2, -0.15) is 0 Å². The highest BCUT2D eigenvalue weighted by atomic mass is 32.2. The fraction of sp³-hybridized carbons (Fsp3) is 0.250. The molecule has 0 radical (unpaired) electrons. The number of hydrogen-bond acceptors (Lipinski definition) is 7. The zero-order valence-electron chi connectivity index (χ0n) is 11.3. The summed E-state index contributed by atoms with van der Waals surface area (Å²) in [6.45, 7) is 1.88. The van der Waals surface area contributed by atoms with Gasteiger partial charge in [0.1, 0.15) is 9.90 Å². The van der Waals surface area contributed by atoms with Gasteiger partial charge in [-0.3, -0.25) is 10.1 Å². The van der Waals surface area contributed by atoms with Gasteiger partial charge in [0.25, 0.3) is 5.69 Å². The molecule has 0 amide bonds. The SMILES string of the molecule is CC(Nc1ccc([N+](=O)[O-])c(S(C)(=O)=O)c1)c1nccs1. The van der Waals surface area contributed by atoms with Gasteiger partial charge in [0.15, 0.2) is 9.84 Å². The number of sulfone groups is 1. The van der Waals surface area contributed by atoms with E-state index in [0.29, 0.717) is 5.69 Å². The standard InChI is InChI=1S/C12H13N3O4S2/c1-8(12-13-5-6-20-12)14-9-3-4-10(15(16)17)11(7-9)21(2,18)19/h3-8,14H,1-2H3. The quantitative estimate of drug-likeness (QED) is 0.669. The van der Waals surface area contributed by atoms with E-state index in [4.69, 9.17) is 0 Å². The van der Waals surface area contributed by atoms with Crippen molar-refractivity contribution in [3.8, 4) is 0 Å². The average molecular weight is 327 g/mol. The Labute approximate surface area is 125 Å². The highest BCUT2D eigenvalue weighted by Crippen LogP contribution is 2.29. The lowest BCUT2D eigenvalue weighted by Gasteiger charge is -2.13. The van der Waals surface area contributed by atoms with E-state index in [2.05, 4.69) is 10.3 Å². The topological polar surface area (TPSA) is 102 Å². The van der Waals surface area contributed by atoms with Crippen LogP contribution in [0.3, 0.4) is 0 Å². The van der Waals surface area contributed by atoms with Gasteiger partial charge in [0, 0.05) is 29.6 Å². The molecule has 1 aromatic carbocycles. The lowest BCUT2D eigenvalue weighted by atomic mass is 10.2. The first kappa shape index (κ1) is 15.4. The molecule has 2 rings (SSSR count). The molecule has 1 heterocycles. The molecule has 0 fully saturated rings. The van der Waals surface area contributed by atoms with Crippen molar-refractivity contribution in [2.45, 2.75) is 17.9 Å². The Hall–Kier alpha value is -2.00. The summed E-state index contributed by atoms with van der Waals surface area (Å²) in [5.74, 6) is 0. The van der Waals surface area contributed by atoms with Crippen molar-refractivity contribution in [1.82, 2.24) is 4.98 Å². The number of aromatic nitrogens is 1. The molecule has 21 heavy (non-hydrogen) atoms. The van der Waals surface area contributed by atoms with E-state index < -0.39 is 20.4 Å². The first-order chi connectivity index (χ1) is 9.79. The molecule has 1 aromatic heterocycles. The Morgan fingerprint density at radius 3 is 2.67 bits per heavy atom. The van der Waals surface area contributed by atoms with Crippen LogP contribution < -0.4 is 5.32 Å². The second-order valence-electron chi connectivity index (χ2n) is 4.45. The van der Waals surface area contributed by atoms with Crippen molar-refractivity contribution in [2.75, 3.05) is 11.6 Å². The third-order valence-corrected chi connectivity index (χ3v) is 4.85. The summed E-state index contributed by atoms with van der Waals surface area (Å²) in [4.78, 5) is 14.1. The number of nitro groups is 1. The van der Waals surface area contributed by atoms with Gasteiger partial charge in [-0.25, -0.2) is 13.4 Å². The Morgan fingerprint density at radius 1 is 1.43 bits per heavy atom. The predicted octanol–water partition coefficient (Wildman–Crippen LogP) is 2.63. The number of nitrogens with one attached hydrogen (secondary N) is 1. The number of rotatable bonds is 5. The summed E-state index contributed by atoms with van der Waals surface area (Å²) in [5, 5.41) is 16.7. The minimum absolute atomic E-state index is 0.126. The predicted molar refractivity (Wildman–Crippen MR) is 80.4 cm³/mol. The third-order valence-electron chi connectivity index (χ3n) is 2.76. The molecule has 112 valence electrons. The lowest BCUT2D eigenvalue weighted by molar-refractivity contribution is -0.387. The Bertz CT molecular complexity index is 757. The Kier molecular flexibility index (Phi) is 4.24. The maximum Gasteiger partial charge on any atom is 0.288 e. The zero-order chi connectivity index (χ0) is 15.6. The van der Waals surface area contributed by atoms with Crippen LogP contribution in [0.25, 0.3) is 0 Å². The number of nitro benzene ring substituents is 1. The molecule has 0 saturated carbocycles. The van der Waals surface area contributed by atoms with Crippen molar-refractivity contribution in [3.05, 3.63) is 44.9 Å². The normalized spacial score (nSPS) is 12.9. The second kappa shape index (κ2) is 5.78. The van der Waals surface area contributed by atoms with Gasteiger partial charge < -0.3 is 5.32 Å². The fourth-order valence-electron chi connectivity index (χ4n) is 1.81. The number of nitrogens with zero attached hydrogens (tertiary/aromatic N) is 2. The molecule has 1 N–H and O–H groups in total. The van der Waals surface area contributed by atoms with E-state index in [1.807, 2.05) is 12.3 Å². The molecule has 1 atom stereocenters. The molecule has 1 unspecified atom stereocenters. The third kappa shape index (κ3) is 3.56. The number of benzene rings is 1. The molecule has 0 aliphatic carbocycles. The van der Waals surface area contributed by atoms with E-state index in [9.17, 15) is 18.5 Å². The number of thiazole rings is 1. The van der Waals surface area contributed by atoms with E-state index in [1.54, 1.807) is 6.20 Å². The molecule has 0 saturated heterocycles. The fourth-order valence-corrected chi connectivity index (χ4v) is 3.32. The van der Waals surface area contributed by atoms with E-state index in [1.165, 1.54) is 29.5 Å². The summed E-state index contributed by atoms with van der Waals surface area (Å²) in [6, 6.07) is 3.82. The molecule has 0 spiro atoms. The lowest BCUT2D eigenvalue weighted by Crippen LogP contribution is -2.08. The molecule has 9 heteroatoms. The Morgan fingerprint density at radius 2 is 2.14 bits per heavy atom. The molecule has 0 bridgehead atoms. The average Bonchev–Trinajstić information content (AvgIpc) is 2.91. The summed E-state index contributed by atoms with van der Waals surface area (Å²) in [6.07, 6.45) is 2.62. The summed E-state index contributed by atoms with van der Waals surface area (Å²) in [7, 11) is -3.69. The van der Waals surface area contributed by atoms with Crippen LogP contribution in [0.1, 0.15) is 18.0 Å². The first-order valence-electron chi connectivity index (χ1n) is 5.93. The maximum absolute atomic E-state index is 11.7. The minimum Gasteiger partial charge on any atom is -0.376 e. The molecular formula is C12H13N3O4S2. The highest BCUT2D eigenvalue weighted by Gasteiger charge is 2.23. The van der Waals surface area contributed by atoms with Crippen molar-refractivity contribution in [1.29, 1.82) is 0 Å². The Balaban J connectivity index is 2.36. The summed E-state index contributed by atoms with van der Waals surface area (Å²) in [5.41, 5.74) is 0.0636. The van der Waals surface area contributed by atoms with Crippen LogP contribution in [0.15, 0.2) is 34.7 Å². The van der Waals surface area contributed by atoms with Gasteiger partial charge in [0.2, 0.25) is 0 Å². The summed E-state index contributed by atoms with van der Waals surface area (Å²) >= 11 is 1.47. The molecule has 7 nitrogen and oxygen atoms in total. The molecule has 0 aliphatic rings. The van der Waals surface area contributed by atoms with E-state index in [0.717, 1.165) is 11.3 Å². The molecule has 0 aliphatic heterocycles. The number of anilines is 1. The van der Waals surface area contributed by atoms with Crippen LogP contribution in [0.4, 0.5) is 11.4 Å². The largest absolute Gasteiger partial charge is 0.376 e. The van der Waals surface area contributed by atoms with Crippen LogP contribution >= 0.6 is 11.3 Å². The van der Waals surface area contributed by atoms with Crippen molar-refractivity contribution in [2.24, 2.45) is 0 Å². The molecular weight excluding hydrogens is 314 g/mol. The van der Waals surface area contributed by atoms with Crippen molar-refractivity contribution >= 4 is 32.5 Å². The minimum atomic E-state index is -3.69. The van der Waals surface area contributed by atoms with E-state index in [-0.39, 0.29) is 10.9 Å². The highest BCUT2D eigenvalue weighted by molar-refractivity contribution is 7.90. The van der Waals surface area contributed by atoms with Gasteiger partial charge in [-0.15, -0.1) is 11.3 Å². The smallest absolute Gasteiger partial charge is 0.288 e. The van der Waals surface area contributed by atoms with Gasteiger partial charge >= 0.3 is 0 Å². The molecule has 2 aromatic rings. The van der Waals surface area contributed by atoms with Crippen LogP contribution in [0.2, 0.25) is 0 Å². The monoisotopic (exact) mass is 327 g/mol. The van der Waals surface area contributed by atoms with Gasteiger partial charge in [-0.05, 0) is 19.1 Å². The first-order valence-corrected chi connectivity index (χ1v) is 8.70.